The van der Waals surface area contributed by atoms with Crippen molar-refractivity contribution < 1.29 is 4.39 Å². The van der Waals surface area contributed by atoms with Crippen molar-refractivity contribution in [2.75, 3.05) is 0 Å². The Balaban J connectivity index is 1.50. The van der Waals surface area contributed by atoms with Gasteiger partial charge in [-0.25, -0.2) is 4.39 Å². The molecule has 1 aromatic rings. The smallest absolute Gasteiger partial charge is 0.126 e. The van der Waals surface area contributed by atoms with Crippen molar-refractivity contribution in [3.63, 3.8) is 0 Å². The summed E-state index contributed by atoms with van der Waals surface area (Å²) in [6.07, 6.45) is 6.19. The molecule has 2 unspecified atom stereocenters. The predicted molar refractivity (Wildman–Crippen MR) is 81.3 cm³/mol. The third-order valence-corrected chi connectivity index (χ3v) is 5.13. The molecular weight excluding hydrogens is 249 g/mol. The molecule has 0 aliphatic heterocycles. The highest BCUT2D eigenvalue weighted by molar-refractivity contribution is 5.24. The van der Waals surface area contributed by atoms with E-state index in [0.29, 0.717) is 18.0 Å². The van der Waals surface area contributed by atoms with E-state index >= 15 is 0 Å². The summed E-state index contributed by atoms with van der Waals surface area (Å²) in [5, 5.41) is 3.81. The van der Waals surface area contributed by atoms with Crippen LogP contribution in [-0.2, 0) is 0 Å². The maximum Gasteiger partial charge on any atom is 0.126 e. The van der Waals surface area contributed by atoms with E-state index in [2.05, 4.69) is 19.2 Å². The summed E-state index contributed by atoms with van der Waals surface area (Å²) in [5.41, 5.74) is 0.913. The van der Waals surface area contributed by atoms with E-state index < -0.39 is 0 Å². The Labute approximate surface area is 122 Å². The quantitative estimate of drug-likeness (QED) is 0.857. The van der Waals surface area contributed by atoms with Crippen molar-refractivity contribution in [1.82, 2.24) is 5.32 Å². The van der Waals surface area contributed by atoms with Gasteiger partial charge in [-0.1, -0.05) is 32.0 Å². The van der Waals surface area contributed by atoms with Crippen molar-refractivity contribution in [3.05, 3.63) is 35.6 Å². The predicted octanol–water partition coefficient (Wildman–Crippen LogP) is 4.49. The van der Waals surface area contributed by atoms with Crippen LogP contribution in [0.4, 0.5) is 4.39 Å². The summed E-state index contributed by atoms with van der Waals surface area (Å²) in [4.78, 5) is 0. The molecule has 0 heterocycles. The molecule has 0 bridgehead atoms. The molecule has 1 aromatic carbocycles. The number of nitrogens with one attached hydrogen (secondary N) is 1. The normalized spacial score (nSPS) is 37.5. The topological polar surface area (TPSA) is 12.0 Å². The first-order valence-electron chi connectivity index (χ1n) is 8.12. The van der Waals surface area contributed by atoms with Crippen molar-refractivity contribution in [3.8, 4) is 0 Å². The lowest BCUT2D eigenvalue weighted by atomic mass is 9.74. The van der Waals surface area contributed by atoms with Crippen LogP contribution in [0.15, 0.2) is 24.3 Å². The molecule has 2 atom stereocenters. The second-order valence-corrected chi connectivity index (χ2v) is 7.17. The van der Waals surface area contributed by atoms with Gasteiger partial charge in [0.2, 0.25) is 0 Å². The molecule has 1 nitrogen and oxygen atoms in total. The molecule has 1 N–H and O–H groups in total. The first-order valence-corrected chi connectivity index (χ1v) is 8.12. The Morgan fingerprint density at radius 1 is 0.900 bits per heavy atom. The molecule has 110 valence electrons. The first kappa shape index (κ1) is 14.1. The standard InChI is InChI=1S/C18H26FN/c1-12-7-13(2)9-15(8-12)20-16-10-14(11-16)17-5-3-4-6-18(17)19/h3-6,12-16,20H,7-11H2,1-2H3. The zero-order valence-electron chi connectivity index (χ0n) is 12.6. The van der Waals surface area contributed by atoms with Crippen LogP contribution in [-0.4, -0.2) is 12.1 Å². The van der Waals surface area contributed by atoms with E-state index in [1.165, 1.54) is 19.3 Å². The van der Waals surface area contributed by atoms with Crippen LogP contribution >= 0.6 is 0 Å². The molecule has 0 spiro atoms. The molecule has 2 aliphatic rings. The van der Waals surface area contributed by atoms with Gasteiger partial charge in [0.05, 0.1) is 0 Å². The molecule has 20 heavy (non-hydrogen) atoms. The van der Waals surface area contributed by atoms with Crippen LogP contribution in [0.3, 0.4) is 0 Å². The van der Waals surface area contributed by atoms with Gasteiger partial charge in [-0.2, -0.15) is 0 Å². The molecule has 0 radical (unpaired) electrons. The molecule has 0 aromatic heterocycles. The lowest BCUT2D eigenvalue weighted by Gasteiger charge is -2.41. The summed E-state index contributed by atoms with van der Waals surface area (Å²) in [6, 6.07) is 8.53. The van der Waals surface area contributed by atoms with Gasteiger partial charge in [0, 0.05) is 12.1 Å². The molecule has 3 rings (SSSR count). The second-order valence-electron chi connectivity index (χ2n) is 7.17. The van der Waals surface area contributed by atoms with Crippen molar-refractivity contribution in [1.29, 1.82) is 0 Å². The van der Waals surface area contributed by atoms with Crippen LogP contribution in [0.2, 0.25) is 0 Å². The number of hydrogen-bond acceptors (Lipinski definition) is 1. The van der Waals surface area contributed by atoms with E-state index in [-0.39, 0.29) is 5.82 Å². The van der Waals surface area contributed by atoms with Gasteiger partial charge in [0.15, 0.2) is 0 Å². The average molecular weight is 275 g/mol. The van der Waals surface area contributed by atoms with E-state index in [9.17, 15) is 4.39 Å². The fourth-order valence-corrected chi connectivity index (χ4v) is 4.23. The molecular formula is C18H26FN. The second kappa shape index (κ2) is 5.85. The van der Waals surface area contributed by atoms with Crippen LogP contribution in [0.25, 0.3) is 0 Å². The van der Waals surface area contributed by atoms with Gasteiger partial charge in [-0.05, 0) is 61.5 Å². The van der Waals surface area contributed by atoms with Gasteiger partial charge in [0.25, 0.3) is 0 Å². The summed E-state index contributed by atoms with van der Waals surface area (Å²) >= 11 is 0. The van der Waals surface area contributed by atoms with Crippen molar-refractivity contribution in [2.45, 2.75) is 64.0 Å². The Bertz CT molecular complexity index is 442. The molecule has 2 fully saturated rings. The Kier molecular flexibility index (Phi) is 4.11. The van der Waals surface area contributed by atoms with Crippen molar-refractivity contribution >= 4 is 0 Å². The van der Waals surface area contributed by atoms with Crippen LogP contribution in [0.1, 0.15) is 57.4 Å². The van der Waals surface area contributed by atoms with Gasteiger partial charge in [-0.3, -0.25) is 0 Å². The molecule has 2 heteroatoms. The van der Waals surface area contributed by atoms with Crippen molar-refractivity contribution in [2.24, 2.45) is 11.8 Å². The highest BCUT2D eigenvalue weighted by Gasteiger charge is 2.34. The zero-order valence-corrected chi connectivity index (χ0v) is 12.6. The van der Waals surface area contributed by atoms with Crippen LogP contribution in [0.5, 0.6) is 0 Å². The largest absolute Gasteiger partial charge is 0.311 e. The van der Waals surface area contributed by atoms with Crippen LogP contribution in [0, 0.1) is 17.7 Å². The average Bonchev–Trinajstić information content (AvgIpc) is 2.33. The Hall–Kier alpha value is -0.890. The summed E-state index contributed by atoms with van der Waals surface area (Å²) in [6.45, 7) is 4.74. The fraction of sp³-hybridized carbons (Fsp3) is 0.667. The lowest BCUT2D eigenvalue weighted by Crippen LogP contribution is -2.48. The van der Waals surface area contributed by atoms with E-state index in [0.717, 1.165) is 30.2 Å². The minimum atomic E-state index is -0.0316. The maximum absolute atomic E-state index is 13.7. The number of halogens is 1. The minimum Gasteiger partial charge on any atom is -0.311 e. The number of hydrogen-bond donors (Lipinski definition) is 1. The lowest BCUT2D eigenvalue weighted by molar-refractivity contribution is 0.187. The summed E-state index contributed by atoms with van der Waals surface area (Å²) < 4.78 is 13.7. The third kappa shape index (κ3) is 3.06. The van der Waals surface area contributed by atoms with Gasteiger partial charge in [-0.15, -0.1) is 0 Å². The van der Waals surface area contributed by atoms with Gasteiger partial charge >= 0.3 is 0 Å². The molecule has 2 saturated carbocycles. The number of rotatable bonds is 3. The van der Waals surface area contributed by atoms with E-state index in [1.54, 1.807) is 12.1 Å². The molecule has 0 saturated heterocycles. The minimum absolute atomic E-state index is 0.0316. The summed E-state index contributed by atoms with van der Waals surface area (Å²) in [5.74, 6) is 2.08. The van der Waals surface area contributed by atoms with Crippen LogP contribution < -0.4 is 5.32 Å². The van der Waals surface area contributed by atoms with E-state index in [1.807, 2.05) is 12.1 Å². The fourth-order valence-electron chi connectivity index (χ4n) is 4.23. The van der Waals surface area contributed by atoms with Gasteiger partial charge in [0.1, 0.15) is 5.82 Å². The molecule has 2 aliphatic carbocycles. The Morgan fingerprint density at radius 2 is 1.50 bits per heavy atom. The highest BCUT2D eigenvalue weighted by Crippen LogP contribution is 2.39. The zero-order chi connectivity index (χ0) is 14.1. The summed E-state index contributed by atoms with van der Waals surface area (Å²) in [7, 11) is 0. The SMILES string of the molecule is CC1CC(C)CC(NC2CC(c3ccccc3F)C2)C1. The monoisotopic (exact) mass is 275 g/mol. The highest BCUT2D eigenvalue weighted by atomic mass is 19.1. The maximum atomic E-state index is 13.7. The Morgan fingerprint density at radius 3 is 2.15 bits per heavy atom. The number of benzene rings is 1. The first-order chi connectivity index (χ1) is 9.61. The molecule has 0 amide bonds. The van der Waals surface area contributed by atoms with E-state index in [4.69, 9.17) is 0 Å². The van der Waals surface area contributed by atoms with Gasteiger partial charge < -0.3 is 5.32 Å². The third-order valence-electron chi connectivity index (χ3n) is 5.13.